The number of aromatic amines is 1. The van der Waals surface area contributed by atoms with E-state index >= 15 is 0 Å². The standard InChI is InChI=1S/C32H40N4O/c1-5-11-32(12-7-13-32)36-17-15-35(16-18-36)22-8-9-23-25(19-22)30(3,4)29-27(28(23)37)24-10-14-31(6-2,21-33)20-26(24)34-29/h8-10,19-20,34H,5-7,11-18H2,1-4H3. The van der Waals surface area contributed by atoms with Gasteiger partial charge in [0.2, 0.25) is 0 Å². The van der Waals surface area contributed by atoms with Crippen LogP contribution in [0.3, 0.4) is 0 Å². The van der Waals surface area contributed by atoms with E-state index in [1.54, 1.807) is 0 Å². The number of benzene rings is 1. The molecular formula is C32H40N4O. The smallest absolute Gasteiger partial charge is 0.195 e. The minimum Gasteiger partial charge on any atom is -0.369 e. The lowest BCUT2D eigenvalue weighted by Gasteiger charge is -2.53. The van der Waals surface area contributed by atoms with Crippen molar-refractivity contribution >= 4 is 23.6 Å². The molecule has 2 fully saturated rings. The second-order valence-corrected chi connectivity index (χ2v) is 12.4. The number of rotatable bonds is 5. The fourth-order valence-corrected chi connectivity index (χ4v) is 7.51. The Morgan fingerprint density at radius 1 is 1.11 bits per heavy atom. The van der Waals surface area contributed by atoms with E-state index in [1.807, 2.05) is 0 Å². The second-order valence-electron chi connectivity index (χ2n) is 12.4. The number of nitrogens with zero attached hydrogens (tertiary/aromatic N) is 3. The van der Waals surface area contributed by atoms with Gasteiger partial charge in [-0.2, -0.15) is 5.26 Å². The number of nitriles is 1. The Morgan fingerprint density at radius 2 is 1.86 bits per heavy atom. The Morgan fingerprint density at radius 3 is 2.49 bits per heavy atom. The first-order valence-corrected chi connectivity index (χ1v) is 14.3. The van der Waals surface area contributed by atoms with Crippen LogP contribution in [-0.4, -0.2) is 47.4 Å². The van der Waals surface area contributed by atoms with Crippen LogP contribution in [0.4, 0.5) is 5.69 Å². The summed E-state index contributed by atoms with van der Waals surface area (Å²) >= 11 is 0. The molecule has 37 heavy (non-hydrogen) atoms. The SMILES string of the molecule is CCCC1(N2CCN(c3ccc4c(c3)C(C)(C)c3[nH]c5c(c3C4=O)=CCC(C#N)(CC)C=5)CC2)CCC1. The second kappa shape index (κ2) is 8.60. The minimum absolute atomic E-state index is 0.107. The highest BCUT2D eigenvalue weighted by atomic mass is 16.1. The molecule has 1 aromatic heterocycles. The topological polar surface area (TPSA) is 63.1 Å². The maximum absolute atomic E-state index is 13.8. The maximum Gasteiger partial charge on any atom is 0.195 e. The molecule has 1 unspecified atom stereocenters. The van der Waals surface area contributed by atoms with Crippen molar-refractivity contribution in [3.63, 3.8) is 0 Å². The number of hydrogen-bond donors (Lipinski definition) is 1. The van der Waals surface area contributed by atoms with Crippen molar-refractivity contribution in [1.82, 2.24) is 9.88 Å². The summed E-state index contributed by atoms with van der Waals surface area (Å²) in [6.07, 6.45) is 12.3. The molecule has 4 aliphatic rings. The van der Waals surface area contributed by atoms with Gasteiger partial charge in [-0.25, -0.2) is 0 Å². The Hall–Kier alpha value is -2.84. The molecule has 0 radical (unpaired) electrons. The van der Waals surface area contributed by atoms with Crippen LogP contribution in [0.5, 0.6) is 0 Å². The van der Waals surface area contributed by atoms with E-state index in [2.05, 4.69) is 78.9 Å². The fourth-order valence-electron chi connectivity index (χ4n) is 7.51. The summed E-state index contributed by atoms with van der Waals surface area (Å²) in [5, 5.41) is 11.8. The maximum atomic E-state index is 13.8. The van der Waals surface area contributed by atoms with Crippen LogP contribution in [-0.2, 0) is 5.41 Å². The molecule has 0 spiro atoms. The molecule has 1 aliphatic heterocycles. The predicted molar refractivity (Wildman–Crippen MR) is 149 cm³/mol. The van der Waals surface area contributed by atoms with Crippen molar-refractivity contribution in [3.05, 3.63) is 51.2 Å². The van der Waals surface area contributed by atoms with Gasteiger partial charge < -0.3 is 9.88 Å². The molecular weight excluding hydrogens is 456 g/mol. The Bertz CT molecular complexity index is 1410. The highest BCUT2D eigenvalue weighted by Crippen LogP contribution is 2.43. The van der Waals surface area contributed by atoms with Crippen molar-refractivity contribution in [1.29, 1.82) is 5.26 Å². The number of piperazine rings is 1. The third-order valence-corrected chi connectivity index (χ3v) is 10.1. The first-order valence-electron chi connectivity index (χ1n) is 14.3. The van der Waals surface area contributed by atoms with E-state index in [1.165, 1.54) is 37.8 Å². The van der Waals surface area contributed by atoms with Crippen LogP contribution in [0.2, 0.25) is 0 Å². The van der Waals surface area contributed by atoms with Crippen molar-refractivity contribution in [2.45, 2.75) is 83.6 Å². The average molecular weight is 497 g/mol. The molecule has 194 valence electrons. The van der Waals surface area contributed by atoms with Crippen molar-refractivity contribution < 1.29 is 4.79 Å². The van der Waals surface area contributed by atoms with Gasteiger partial charge in [0.1, 0.15) is 0 Å². The molecule has 1 atom stereocenters. The summed E-state index contributed by atoms with van der Waals surface area (Å²) in [4.78, 5) is 22.7. The molecule has 2 aromatic rings. The van der Waals surface area contributed by atoms with Gasteiger partial charge in [0, 0.05) is 64.6 Å². The van der Waals surface area contributed by atoms with Crippen molar-refractivity contribution in [2.24, 2.45) is 5.41 Å². The van der Waals surface area contributed by atoms with Crippen LogP contribution in [0.15, 0.2) is 18.2 Å². The number of anilines is 1. The molecule has 0 bridgehead atoms. The van der Waals surface area contributed by atoms with Gasteiger partial charge in [-0.3, -0.25) is 9.69 Å². The molecule has 1 saturated heterocycles. The summed E-state index contributed by atoms with van der Waals surface area (Å²) in [6, 6.07) is 9.00. The molecule has 6 rings (SSSR count). The van der Waals surface area contributed by atoms with Gasteiger partial charge in [-0.15, -0.1) is 0 Å². The highest BCUT2D eigenvalue weighted by molar-refractivity contribution is 6.13. The first kappa shape index (κ1) is 24.5. The van der Waals surface area contributed by atoms with E-state index in [9.17, 15) is 10.1 Å². The number of H-pyrrole nitrogens is 1. The van der Waals surface area contributed by atoms with Crippen molar-refractivity contribution in [2.75, 3.05) is 31.1 Å². The van der Waals surface area contributed by atoms with E-state index in [-0.39, 0.29) is 11.2 Å². The molecule has 3 aliphatic carbocycles. The number of aromatic nitrogens is 1. The Labute approximate surface area is 220 Å². The van der Waals surface area contributed by atoms with Gasteiger partial charge in [0.05, 0.1) is 17.0 Å². The molecule has 1 saturated carbocycles. The molecule has 1 N–H and O–H groups in total. The molecule has 2 heterocycles. The Balaban J connectivity index is 1.32. The predicted octanol–water partition coefficient (Wildman–Crippen LogP) is 4.61. The summed E-state index contributed by atoms with van der Waals surface area (Å²) in [5.74, 6) is 0.107. The van der Waals surface area contributed by atoms with E-state index < -0.39 is 5.41 Å². The van der Waals surface area contributed by atoms with Crippen molar-refractivity contribution in [3.8, 4) is 6.07 Å². The summed E-state index contributed by atoms with van der Waals surface area (Å²) in [7, 11) is 0. The van der Waals surface area contributed by atoms with Gasteiger partial charge in [-0.05, 0) is 68.4 Å². The first-order chi connectivity index (χ1) is 17.8. The largest absolute Gasteiger partial charge is 0.369 e. The number of hydrogen-bond acceptors (Lipinski definition) is 4. The average Bonchev–Trinajstić information content (AvgIpc) is 3.29. The van der Waals surface area contributed by atoms with Gasteiger partial charge in [-0.1, -0.05) is 40.2 Å². The lowest BCUT2D eigenvalue weighted by atomic mass is 9.71. The third kappa shape index (κ3) is 3.56. The van der Waals surface area contributed by atoms with Crippen LogP contribution in [0.1, 0.15) is 99.8 Å². The van der Waals surface area contributed by atoms with Gasteiger partial charge in [0.15, 0.2) is 5.78 Å². The molecule has 5 heteroatoms. The lowest BCUT2D eigenvalue weighted by Crippen LogP contribution is -2.60. The highest BCUT2D eigenvalue weighted by Gasteiger charge is 2.43. The number of carbonyl (C=O) groups is 1. The van der Waals surface area contributed by atoms with Crippen LogP contribution < -0.4 is 15.5 Å². The zero-order valence-corrected chi connectivity index (χ0v) is 22.9. The zero-order valence-electron chi connectivity index (χ0n) is 22.9. The summed E-state index contributed by atoms with van der Waals surface area (Å²) in [6.45, 7) is 13.2. The molecule has 5 nitrogen and oxygen atoms in total. The van der Waals surface area contributed by atoms with E-state index in [0.717, 1.165) is 65.6 Å². The third-order valence-electron chi connectivity index (χ3n) is 10.1. The number of ketones is 1. The number of fused-ring (bicyclic) bond motifs is 4. The van der Waals surface area contributed by atoms with Gasteiger partial charge in [0.25, 0.3) is 0 Å². The van der Waals surface area contributed by atoms with Crippen LogP contribution in [0, 0.1) is 16.7 Å². The zero-order chi connectivity index (χ0) is 26.0. The summed E-state index contributed by atoms with van der Waals surface area (Å²) < 4.78 is 0. The summed E-state index contributed by atoms with van der Waals surface area (Å²) in [5.41, 5.74) is 4.58. The van der Waals surface area contributed by atoms with Crippen LogP contribution >= 0.6 is 0 Å². The minimum atomic E-state index is -0.495. The van der Waals surface area contributed by atoms with Gasteiger partial charge >= 0.3 is 0 Å². The monoisotopic (exact) mass is 496 g/mol. The fraction of sp³-hybridized carbons (Fsp3) is 0.562. The van der Waals surface area contributed by atoms with Crippen LogP contribution in [0.25, 0.3) is 12.2 Å². The quantitative estimate of drug-likeness (QED) is 0.656. The Kier molecular flexibility index (Phi) is 5.69. The lowest BCUT2D eigenvalue weighted by molar-refractivity contribution is 0.00380. The molecule has 0 amide bonds. The number of nitrogens with one attached hydrogen (secondary N) is 1. The van der Waals surface area contributed by atoms with E-state index in [4.69, 9.17) is 0 Å². The number of carbonyl (C=O) groups excluding carboxylic acids is 1. The van der Waals surface area contributed by atoms with E-state index in [0.29, 0.717) is 12.0 Å². The normalized spacial score (nSPS) is 25.6. The molecule has 1 aromatic carbocycles.